The Morgan fingerprint density at radius 1 is 1.10 bits per heavy atom. The molecule has 1 amide bonds. The van der Waals surface area contributed by atoms with Crippen molar-refractivity contribution in [2.24, 2.45) is 4.99 Å². The molecule has 2 aromatic carbocycles. The summed E-state index contributed by atoms with van der Waals surface area (Å²) in [5.41, 5.74) is 3.16. The first-order valence-corrected chi connectivity index (χ1v) is 9.97. The molecule has 0 spiro atoms. The number of aryl methyl sites for hydroxylation is 1. The van der Waals surface area contributed by atoms with Gasteiger partial charge >= 0.3 is 0 Å². The second-order valence-corrected chi connectivity index (χ2v) is 7.28. The van der Waals surface area contributed by atoms with Crippen molar-refractivity contribution in [3.8, 4) is 0 Å². The average Bonchev–Trinajstić information content (AvgIpc) is 2.73. The maximum Gasteiger partial charge on any atom is 0.251 e. The van der Waals surface area contributed by atoms with E-state index in [-0.39, 0.29) is 23.8 Å². The number of nitrogens with one attached hydrogen (secondary N) is 3. The number of carbonyl (C=O) groups excluding carboxylic acids is 1. The van der Waals surface area contributed by atoms with Crippen molar-refractivity contribution in [1.82, 2.24) is 16.0 Å². The Morgan fingerprint density at radius 3 is 2.38 bits per heavy atom. The van der Waals surface area contributed by atoms with E-state index < -0.39 is 0 Å². The quantitative estimate of drug-likeness (QED) is 0.486. The monoisotopic (exact) mass is 398 g/mol. The number of rotatable bonds is 7. The van der Waals surface area contributed by atoms with Crippen LogP contribution in [0.2, 0.25) is 0 Å². The molecule has 0 aliphatic rings. The number of hydrogen-bond acceptors (Lipinski definition) is 2. The molecule has 0 aliphatic carbocycles. The molecular formula is C23H31FN4O. The van der Waals surface area contributed by atoms with Crippen molar-refractivity contribution >= 4 is 11.9 Å². The van der Waals surface area contributed by atoms with E-state index in [1.165, 1.54) is 0 Å². The van der Waals surface area contributed by atoms with E-state index in [1.807, 2.05) is 51.1 Å². The minimum atomic E-state index is -0.212. The Morgan fingerprint density at radius 2 is 1.79 bits per heavy atom. The third-order valence-electron chi connectivity index (χ3n) is 4.94. The number of guanidine groups is 1. The fourth-order valence-corrected chi connectivity index (χ4v) is 2.73. The van der Waals surface area contributed by atoms with Crippen molar-refractivity contribution in [2.75, 3.05) is 7.05 Å². The molecule has 2 aromatic rings. The summed E-state index contributed by atoms with van der Waals surface area (Å²) in [6.45, 7) is 8.29. The number of nitrogens with zero attached hydrogens (tertiary/aromatic N) is 1. The van der Waals surface area contributed by atoms with Crippen LogP contribution in [0.25, 0.3) is 0 Å². The summed E-state index contributed by atoms with van der Waals surface area (Å²) in [4.78, 5) is 16.4. The maximum absolute atomic E-state index is 13.8. The van der Waals surface area contributed by atoms with Gasteiger partial charge < -0.3 is 16.0 Å². The topological polar surface area (TPSA) is 65.5 Å². The van der Waals surface area contributed by atoms with Crippen LogP contribution in [0.4, 0.5) is 4.39 Å². The van der Waals surface area contributed by atoms with Gasteiger partial charge in [-0.05, 0) is 62.1 Å². The summed E-state index contributed by atoms with van der Waals surface area (Å²) < 4.78 is 13.8. The highest BCUT2D eigenvalue weighted by Gasteiger charge is 2.11. The Kier molecular flexibility index (Phi) is 8.19. The maximum atomic E-state index is 13.8. The number of amides is 1. The molecule has 0 fully saturated rings. The van der Waals surface area contributed by atoms with Gasteiger partial charge in [0, 0.05) is 25.2 Å². The van der Waals surface area contributed by atoms with E-state index in [0.29, 0.717) is 23.6 Å². The molecule has 0 bridgehead atoms. The molecule has 2 rings (SSSR count). The molecule has 5 nitrogen and oxygen atoms in total. The van der Waals surface area contributed by atoms with Crippen molar-refractivity contribution in [3.05, 3.63) is 70.5 Å². The first-order valence-electron chi connectivity index (χ1n) is 9.97. The summed E-state index contributed by atoms with van der Waals surface area (Å²) in [6, 6.07) is 12.8. The zero-order valence-electron chi connectivity index (χ0n) is 17.8. The third kappa shape index (κ3) is 6.59. The molecule has 0 saturated carbocycles. The van der Waals surface area contributed by atoms with Crippen LogP contribution in [0.5, 0.6) is 0 Å². The van der Waals surface area contributed by atoms with Crippen LogP contribution >= 0.6 is 0 Å². The van der Waals surface area contributed by atoms with Crippen LogP contribution in [0.1, 0.15) is 60.3 Å². The highest BCUT2D eigenvalue weighted by Crippen LogP contribution is 2.16. The highest BCUT2D eigenvalue weighted by atomic mass is 19.1. The smallest absolute Gasteiger partial charge is 0.251 e. The van der Waals surface area contributed by atoms with Gasteiger partial charge in [0.15, 0.2) is 5.96 Å². The van der Waals surface area contributed by atoms with E-state index in [9.17, 15) is 9.18 Å². The molecule has 6 heteroatoms. The number of halogens is 1. The minimum Gasteiger partial charge on any atom is -0.352 e. The summed E-state index contributed by atoms with van der Waals surface area (Å²) in [5, 5.41) is 9.47. The molecule has 2 unspecified atom stereocenters. The molecule has 0 radical (unpaired) electrons. The normalized spacial score (nSPS) is 13.5. The first-order chi connectivity index (χ1) is 13.8. The molecule has 2 atom stereocenters. The van der Waals surface area contributed by atoms with Gasteiger partial charge in [0.05, 0.1) is 6.04 Å². The molecular weight excluding hydrogens is 367 g/mol. The van der Waals surface area contributed by atoms with Crippen LogP contribution in [-0.4, -0.2) is 25.0 Å². The first kappa shape index (κ1) is 22.4. The molecule has 0 heterocycles. The van der Waals surface area contributed by atoms with Gasteiger partial charge in [0.2, 0.25) is 0 Å². The molecule has 156 valence electrons. The zero-order chi connectivity index (χ0) is 21.4. The molecule has 29 heavy (non-hydrogen) atoms. The predicted molar refractivity (Wildman–Crippen MR) is 117 cm³/mol. The van der Waals surface area contributed by atoms with E-state index in [4.69, 9.17) is 0 Å². The van der Waals surface area contributed by atoms with Crippen LogP contribution in [0.3, 0.4) is 0 Å². The van der Waals surface area contributed by atoms with Gasteiger partial charge in [0.25, 0.3) is 5.91 Å². The number of benzene rings is 2. The lowest BCUT2D eigenvalue weighted by molar-refractivity contribution is 0.0939. The predicted octanol–water partition coefficient (Wildman–Crippen LogP) is 4.09. The second kappa shape index (κ2) is 10.6. The van der Waals surface area contributed by atoms with Crippen molar-refractivity contribution < 1.29 is 9.18 Å². The molecule has 0 saturated heterocycles. The lowest BCUT2D eigenvalue weighted by Gasteiger charge is -2.19. The van der Waals surface area contributed by atoms with Crippen LogP contribution in [-0.2, 0) is 6.54 Å². The van der Waals surface area contributed by atoms with Crippen LogP contribution in [0.15, 0.2) is 47.5 Å². The van der Waals surface area contributed by atoms with Crippen molar-refractivity contribution in [2.45, 2.75) is 52.7 Å². The Hall–Kier alpha value is -2.89. The van der Waals surface area contributed by atoms with E-state index >= 15 is 0 Å². The molecule has 3 N–H and O–H groups in total. The van der Waals surface area contributed by atoms with Crippen molar-refractivity contribution in [1.29, 1.82) is 0 Å². The van der Waals surface area contributed by atoms with Crippen molar-refractivity contribution in [3.63, 3.8) is 0 Å². The molecule has 0 aliphatic heterocycles. The number of carbonyl (C=O) groups is 1. The summed E-state index contributed by atoms with van der Waals surface area (Å²) >= 11 is 0. The van der Waals surface area contributed by atoms with Gasteiger partial charge in [-0.15, -0.1) is 0 Å². The average molecular weight is 399 g/mol. The van der Waals surface area contributed by atoms with E-state index in [2.05, 4.69) is 20.9 Å². The Labute approximate surface area is 172 Å². The van der Waals surface area contributed by atoms with E-state index in [1.54, 1.807) is 26.1 Å². The van der Waals surface area contributed by atoms with Gasteiger partial charge in [-0.2, -0.15) is 0 Å². The fourth-order valence-electron chi connectivity index (χ4n) is 2.73. The SMILES string of the molecule is CCC(C)NC(=O)c1ccc(CNC(=NC)NC(C)c2ccc(C)c(F)c2)cc1. The summed E-state index contributed by atoms with van der Waals surface area (Å²) in [5.74, 6) is 0.351. The van der Waals surface area contributed by atoms with Gasteiger partial charge in [0.1, 0.15) is 5.82 Å². The fraction of sp³-hybridized carbons (Fsp3) is 0.391. The summed E-state index contributed by atoms with van der Waals surface area (Å²) in [7, 11) is 1.69. The highest BCUT2D eigenvalue weighted by molar-refractivity contribution is 5.94. The standard InChI is InChI=1S/C23H31FN4O/c1-6-16(3)27-22(29)19-11-8-18(9-12-19)14-26-23(25-5)28-17(4)20-10-7-15(2)21(24)13-20/h7-13,16-17H,6,14H2,1-5H3,(H,27,29)(H2,25,26,28). The Balaban J connectivity index is 1.91. The lowest BCUT2D eigenvalue weighted by Crippen LogP contribution is -2.38. The number of hydrogen-bond donors (Lipinski definition) is 3. The van der Waals surface area contributed by atoms with Crippen LogP contribution < -0.4 is 16.0 Å². The van der Waals surface area contributed by atoms with Gasteiger partial charge in [-0.25, -0.2) is 4.39 Å². The van der Waals surface area contributed by atoms with E-state index in [0.717, 1.165) is 17.5 Å². The van der Waals surface area contributed by atoms with Gasteiger partial charge in [-0.1, -0.05) is 31.2 Å². The third-order valence-corrected chi connectivity index (χ3v) is 4.94. The molecule has 0 aromatic heterocycles. The number of aliphatic imine (C=N–C) groups is 1. The largest absolute Gasteiger partial charge is 0.352 e. The lowest BCUT2D eigenvalue weighted by atomic mass is 10.1. The minimum absolute atomic E-state index is 0.0597. The Bertz CT molecular complexity index is 848. The second-order valence-electron chi connectivity index (χ2n) is 7.28. The summed E-state index contributed by atoms with van der Waals surface area (Å²) in [6.07, 6.45) is 0.896. The van der Waals surface area contributed by atoms with Gasteiger partial charge in [-0.3, -0.25) is 9.79 Å². The van der Waals surface area contributed by atoms with Crippen LogP contribution in [0, 0.1) is 12.7 Å². The zero-order valence-corrected chi connectivity index (χ0v) is 17.8.